The van der Waals surface area contributed by atoms with Crippen LogP contribution in [0.5, 0.6) is 0 Å². The standard InChI is InChI=1S/C10H11ClN2O4S/c1-7(14)13-8-2-4-9(5-3-8)18(16,17)12-6-10(11)15/h2-5,12H,6H2,1H3,(H,13,14). The molecule has 6 nitrogen and oxygen atoms in total. The molecule has 98 valence electrons. The molecule has 2 N–H and O–H groups in total. The van der Waals surface area contributed by atoms with Crippen molar-refractivity contribution >= 4 is 38.5 Å². The number of anilines is 1. The average molecular weight is 291 g/mol. The molecule has 8 heteroatoms. The molecule has 0 radical (unpaired) electrons. The van der Waals surface area contributed by atoms with Gasteiger partial charge in [-0.3, -0.25) is 9.59 Å². The number of nitrogens with one attached hydrogen (secondary N) is 2. The van der Waals surface area contributed by atoms with E-state index in [1.807, 2.05) is 4.72 Å². The van der Waals surface area contributed by atoms with Crippen LogP contribution in [0, 0.1) is 0 Å². The first-order valence-electron chi connectivity index (χ1n) is 4.87. The van der Waals surface area contributed by atoms with Crippen molar-refractivity contribution in [2.24, 2.45) is 0 Å². The molecule has 1 rings (SSSR count). The van der Waals surface area contributed by atoms with E-state index in [2.05, 4.69) is 5.32 Å². The fourth-order valence-electron chi connectivity index (χ4n) is 1.16. The molecule has 1 aromatic carbocycles. The number of hydrogen-bond acceptors (Lipinski definition) is 4. The van der Waals surface area contributed by atoms with Gasteiger partial charge in [0.2, 0.25) is 21.2 Å². The van der Waals surface area contributed by atoms with Crippen LogP contribution in [0.4, 0.5) is 5.69 Å². The molecule has 0 saturated carbocycles. The summed E-state index contributed by atoms with van der Waals surface area (Å²) in [6.45, 7) is 0.871. The molecule has 0 heterocycles. The van der Waals surface area contributed by atoms with E-state index in [1.54, 1.807) is 0 Å². The summed E-state index contributed by atoms with van der Waals surface area (Å²) < 4.78 is 25.4. The molecule has 0 bridgehead atoms. The van der Waals surface area contributed by atoms with Crippen LogP contribution >= 0.6 is 11.6 Å². The summed E-state index contributed by atoms with van der Waals surface area (Å²) in [4.78, 5) is 21.2. The fraction of sp³-hybridized carbons (Fsp3) is 0.200. The van der Waals surface area contributed by atoms with Gasteiger partial charge in [-0.15, -0.1) is 0 Å². The Morgan fingerprint density at radius 1 is 1.22 bits per heavy atom. The predicted molar refractivity (Wildman–Crippen MR) is 66.8 cm³/mol. The second-order valence-electron chi connectivity index (χ2n) is 3.39. The molecule has 0 aliphatic carbocycles. The van der Waals surface area contributed by atoms with Gasteiger partial charge < -0.3 is 5.32 Å². The third kappa shape index (κ3) is 4.44. The molecule has 0 saturated heterocycles. The lowest BCUT2D eigenvalue weighted by Gasteiger charge is -2.06. The fourth-order valence-corrected chi connectivity index (χ4v) is 2.28. The van der Waals surface area contributed by atoms with Crippen molar-refractivity contribution in [3.05, 3.63) is 24.3 Å². The first-order valence-corrected chi connectivity index (χ1v) is 6.73. The second kappa shape index (κ2) is 5.94. The van der Waals surface area contributed by atoms with E-state index in [0.29, 0.717) is 5.69 Å². The van der Waals surface area contributed by atoms with Crippen molar-refractivity contribution in [3.63, 3.8) is 0 Å². The first kappa shape index (κ1) is 14.6. The molecule has 0 aliphatic rings. The molecule has 0 fully saturated rings. The summed E-state index contributed by atoms with van der Waals surface area (Å²) in [6, 6.07) is 5.51. The zero-order valence-corrected chi connectivity index (χ0v) is 11.0. The summed E-state index contributed by atoms with van der Waals surface area (Å²) >= 11 is 5.04. The highest BCUT2D eigenvalue weighted by atomic mass is 35.5. The highest BCUT2D eigenvalue weighted by Crippen LogP contribution is 2.13. The maximum atomic E-state index is 11.7. The van der Waals surface area contributed by atoms with Gasteiger partial charge in [0.25, 0.3) is 0 Å². The van der Waals surface area contributed by atoms with E-state index in [0.717, 1.165) is 0 Å². The van der Waals surface area contributed by atoms with E-state index in [-0.39, 0.29) is 10.8 Å². The van der Waals surface area contributed by atoms with Crippen LogP contribution in [0.1, 0.15) is 6.92 Å². The first-order chi connectivity index (χ1) is 8.31. The molecule has 0 aromatic heterocycles. The lowest BCUT2D eigenvalue weighted by atomic mass is 10.3. The minimum absolute atomic E-state index is 0.0190. The Morgan fingerprint density at radius 3 is 2.22 bits per heavy atom. The Bertz CT molecular complexity index is 554. The van der Waals surface area contributed by atoms with E-state index in [9.17, 15) is 18.0 Å². The molecular formula is C10H11ClN2O4S. The Labute approximate surface area is 109 Å². The van der Waals surface area contributed by atoms with Crippen LogP contribution in [0.3, 0.4) is 0 Å². The summed E-state index contributed by atoms with van der Waals surface area (Å²) in [5.41, 5.74) is 0.481. The molecular weight excluding hydrogens is 280 g/mol. The SMILES string of the molecule is CC(=O)Nc1ccc(S(=O)(=O)NCC(=O)Cl)cc1. The Hall–Kier alpha value is -1.44. The van der Waals surface area contributed by atoms with Gasteiger partial charge in [-0.1, -0.05) is 0 Å². The van der Waals surface area contributed by atoms with Crippen LogP contribution < -0.4 is 10.0 Å². The van der Waals surface area contributed by atoms with Gasteiger partial charge in [0.15, 0.2) is 0 Å². The maximum absolute atomic E-state index is 11.7. The molecule has 0 aliphatic heterocycles. The zero-order chi connectivity index (χ0) is 13.8. The van der Waals surface area contributed by atoms with E-state index >= 15 is 0 Å². The van der Waals surface area contributed by atoms with Gasteiger partial charge in [0.05, 0.1) is 11.4 Å². The Morgan fingerprint density at radius 2 is 1.78 bits per heavy atom. The van der Waals surface area contributed by atoms with Gasteiger partial charge in [-0.25, -0.2) is 13.1 Å². The van der Waals surface area contributed by atoms with Crippen molar-refractivity contribution in [1.82, 2.24) is 4.72 Å². The third-order valence-electron chi connectivity index (χ3n) is 1.89. The lowest BCUT2D eigenvalue weighted by molar-refractivity contribution is -0.114. The van der Waals surface area contributed by atoms with Gasteiger partial charge >= 0.3 is 0 Å². The topological polar surface area (TPSA) is 92.3 Å². The monoisotopic (exact) mass is 290 g/mol. The highest BCUT2D eigenvalue weighted by molar-refractivity contribution is 7.89. The summed E-state index contributed by atoms with van der Waals surface area (Å²) in [5.74, 6) is -0.253. The largest absolute Gasteiger partial charge is 0.326 e. The van der Waals surface area contributed by atoms with Crippen LogP contribution in [0.25, 0.3) is 0 Å². The Balaban J connectivity index is 2.84. The number of carbonyl (C=O) groups is 2. The van der Waals surface area contributed by atoms with Gasteiger partial charge in [-0.05, 0) is 35.9 Å². The molecule has 1 aromatic rings. The maximum Gasteiger partial charge on any atom is 0.241 e. The number of benzene rings is 1. The molecule has 0 spiro atoms. The Kier molecular flexibility index (Phi) is 4.83. The number of amides is 1. The van der Waals surface area contributed by atoms with E-state index in [1.165, 1.54) is 31.2 Å². The minimum atomic E-state index is -3.77. The average Bonchev–Trinajstić information content (AvgIpc) is 2.26. The third-order valence-corrected chi connectivity index (χ3v) is 3.44. The number of hydrogen-bond donors (Lipinski definition) is 2. The summed E-state index contributed by atoms with van der Waals surface area (Å²) in [6.07, 6.45) is 0. The van der Waals surface area contributed by atoms with Crippen LogP contribution in [0.15, 0.2) is 29.2 Å². The van der Waals surface area contributed by atoms with Crippen LogP contribution in [-0.4, -0.2) is 26.1 Å². The number of carbonyl (C=O) groups excluding carboxylic acids is 2. The van der Waals surface area contributed by atoms with Crippen molar-refractivity contribution in [1.29, 1.82) is 0 Å². The van der Waals surface area contributed by atoms with Gasteiger partial charge in [0, 0.05) is 12.6 Å². The van der Waals surface area contributed by atoms with Crippen molar-refractivity contribution in [3.8, 4) is 0 Å². The molecule has 18 heavy (non-hydrogen) atoms. The molecule has 0 atom stereocenters. The smallest absolute Gasteiger partial charge is 0.241 e. The minimum Gasteiger partial charge on any atom is -0.326 e. The van der Waals surface area contributed by atoms with Crippen molar-refractivity contribution < 1.29 is 18.0 Å². The van der Waals surface area contributed by atoms with Crippen LogP contribution in [0.2, 0.25) is 0 Å². The van der Waals surface area contributed by atoms with Gasteiger partial charge in [0.1, 0.15) is 0 Å². The normalized spacial score (nSPS) is 11.0. The quantitative estimate of drug-likeness (QED) is 0.780. The van der Waals surface area contributed by atoms with E-state index in [4.69, 9.17) is 11.6 Å². The highest BCUT2D eigenvalue weighted by Gasteiger charge is 2.14. The zero-order valence-electron chi connectivity index (χ0n) is 9.44. The van der Waals surface area contributed by atoms with Crippen molar-refractivity contribution in [2.45, 2.75) is 11.8 Å². The lowest BCUT2D eigenvalue weighted by Crippen LogP contribution is -2.27. The summed E-state index contributed by atoms with van der Waals surface area (Å²) in [7, 11) is -3.77. The van der Waals surface area contributed by atoms with Crippen molar-refractivity contribution in [2.75, 3.05) is 11.9 Å². The second-order valence-corrected chi connectivity index (χ2v) is 5.57. The summed E-state index contributed by atoms with van der Waals surface area (Å²) in [5, 5.41) is 1.71. The number of rotatable bonds is 5. The molecule has 0 unspecified atom stereocenters. The predicted octanol–water partition coefficient (Wildman–Crippen LogP) is 0.689. The number of halogens is 1. The number of sulfonamides is 1. The van der Waals surface area contributed by atoms with Gasteiger partial charge in [-0.2, -0.15) is 0 Å². The van der Waals surface area contributed by atoms with E-state index < -0.39 is 21.8 Å². The molecule has 1 amide bonds. The van der Waals surface area contributed by atoms with Crippen LogP contribution in [-0.2, 0) is 19.6 Å².